The zero-order valence-electron chi connectivity index (χ0n) is 11.4. The van der Waals surface area contributed by atoms with Crippen LogP contribution in [0.1, 0.15) is 35.2 Å². The van der Waals surface area contributed by atoms with Gasteiger partial charge in [-0.15, -0.1) is 0 Å². The van der Waals surface area contributed by atoms with Crippen molar-refractivity contribution in [3.05, 3.63) is 70.1 Å². The highest BCUT2D eigenvalue weighted by Gasteiger charge is 2.13. The van der Waals surface area contributed by atoms with E-state index in [-0.39, 0.29) is 22.9 Å². The number of aromatic nitrogens is 1. The number of pyridine rings is 1. The lowest BCUT2D eigenvalue weighted by molar-refractivity contribution is 0.0949. The molecule has 2 aromatic rings. The molecule has 4 nitrogen and oxygen atoms in total. The number of aromatic amines is 1. The van der Waals surface area contributed by atoms with E-state index in [2.05, 4.69) is 29.4 Å². The Hall–Kier alpha value is -2.36. The van der Waals surface area contributed by atoms with Crippen LogP contribution in [0.25, 0.3) is 0 Å². The summed E-state index contributed by atoms with van der Waals surface area (Å²) in [5.41, 5.74) is 0.977. The molecule has 0 unspecified atom stereocenters. The van der Waals surface area contributed by atoms with Gasteiger partial charge in [-0.1, -0.05) is 37.3 Å². The molecule has 0 radical (unpaired) electrons. The maximum absolute atomic E-state index is 12.0. The molecule has 0 aliphatic carbocycles. The lowest BCUT2D eigenvalue weighted by atomic mass is 9.96. The summed E-state index contributed by atoms with van der Waals surface area (Å²) in [6, 6.07) is 13.2. The van der Waals surface area contributed by atoms with E-state index in [1.807, 2.05) is 18.2 Å². The molecule has 1 atom stereocenters. The zero-order chi connectivity index (χ0) is 14.4. The average Bonchev–Trinajstić information content (AvgIpc) is 2.49. The third kappa shape index (κ3) is 3.35. The Morgan fingerprint density at radius 3 is 2.60 bits per heavy atom. The number of benzene rings is 1. The monoisotopic (exact) mass is 270 g/mol. The van der Waals surface area contributed by atoms with E-state index in [4.69, 9.17) is 0 Å². The van der Waals surface area contributed by atoms with Gasteiger partial charge in [0.15, 0.2) is 0 Å². The van der Waals surface area contributed by atoms with Gasteiger partial charge in [0, 0.05) is 18.7 Å². The van der Waals surface area contributed by atoms with Crippen LogP contribution in [0.3, 0.4) is 0 Å². The van der Waals surface area contributed by atoms with Gasteiger partial charge < -0.3 is 10.3 Å². The average molecular weight is 270 g/mol. The standard InChI is InChI=1S/C16H18N2O2/c1-2-12(13-7-4-3-5-8-13)11-18-16(20)14-9-6-10-17-15(14)19/h3-10,12H,2,11H2,1H3,(H,17,19)(H,18,20)/t12-/m1/s1. The highest BCUT2D eigenvalue weighted by molar-refractivity contribution is 5.93. The summed E-state index contributed by atoms with van der Waals surface area (Å²) in [4.78, 5) is 26.0. The molecule has 1 heterocycles. The summed E-state index contributed by atoms with van der Waals surface area (Å²) >= 11 is 0. The molecular formula is C16H18N2O2. The molecule has 1 aromatic heterocycles. The second kappa shape index (κ2) is 6.70. The Labute approximate surface area is 117 Å². The minimum atomic E-state index is -0.363. The lowest BCUT2D eigenvalue weighted by Gasteiger charge is -2.16. The van der Waals surface area contributed by atoms with Crippen molar-refractivity contribution in [1.29, 1.82) is 0 Å². The second-order valence-corrected chi connectivity index (χ2v) is 4.64. The van der Waals surface area contributed by atoms with Crippen LogP contribution in [0.5, 0.6) is 0 Å². The van der Waals surface area contributed by atoms with Crippen molar-refractivity contribution >= 4 is 5.91 Å². The summed E-state index contributed by atoms with van der Waals surface area (Å²) in [6.45, 7) is 2.60. The van der Waals surface area contributed by atoms with Crippen LogP contribution in [0.4, 0.5) is 0 Å². The minimum Gasteiger partial charge on any atom is -0.351 e. The van der Waals surface area contributed by atoms with Crippen LogP contribution >= 0.6 is 0 Å². The fraction of sp³-hybridized carbons (Fsp3) is 0.250. The molecule has 104 valence electrons. The van der Waals surface area contributed by atoms with Crippen molar-refractivity contribution in [1.82, 2.24) is 10.3 Å². The molecule has 0 spiro atoms. The number of amides is 1. The smallest absolute Gasteiger partial charge is 0.260 e. The van der Waals surface area contributed by atoms with E-state index >= 15 is 0 Å². The maximum atomic E-state index is 12.0. The number of nitrogens with one attached hydrogen (secondary N) is 2. The lowest BCUT2D eigenvalue weighted by Crippen LogP contribution is -2.32. The van der Waals surface area contributed by atoms with E-state index in [0.717, 1.165) is 6.42 Å². The molecule has 2 rings (SSSR count). The van der Waals surface area contributed by atoms with Crippen LogP contribution < -0.4 is 10.9 Å². The molecule has 1 aromatic carbocycles. The quantitative estimate of drug-likeness (QED) is 0.875. The molecule has 0 bridgehead atoms. The summed E-state index contributed by atoms with van der Waals surface area (Å²) in [6.07, 6.45) is 2.44. The summed E-state index contributed by atoms with van der Waals surface area (Å²) in [5.74, 6) is -0.0795. The molecule has 0 saturated carbocycles. The van der Waals surface area contributed by atoms with Crippen LogP contribution in [-0.4, -0.2) is 17.4 Å². The van der Waals surface area contributed by atoms with E-state index in [1.165, 1.54) is 17.8 Å². The largest absolute Gasteiger partial charge is 0.351 e. The van der Waals surface area contributed by atoms with Gasteiger partial charge in [-0.25, -0.2) is 0 Å². The Kier molecular flexibility index (Phi) is 4.71. The SMILES string of the molecule is CC[C@H](CNC(=O)c1ccc[nH]c1=O)c1ccccc1. The Morgan fingerprint density at radius 1 is 1.20 bits per heavy atom. The van der Waals surface area contributed by atoms with Gasteiger partial charge in [0.1, 0.15) is 5.56 Å². The van der Waals surface area contributed by atoms with Gasteiger partial charge in [-0.3, -0.25) is 9.59 Å². The van der Waals surface area contributed by atoms with E-state index in [0.29, 0.717) is 6.54 Å². The maximum Gasteiger partial charge on any atom is 0.260 e. The first kappa shape index (κ1) is 14.1. The fourth-order valence-electron chi connectivity index (χ4n) is 2.13. The molecule has 0 aliphatic heterocycles. The zero-order valence-corrected chi connectivity index (χ0v) is 11.4. The number of carbonyl (C=O) groups excluding carboxylic acids is 1. The number of hydrogen-bond donors (Lipinski definition) is 2. The van der Waals surface area contributed by atoms with Crippen LogP contribution in [0.2, 0.25) is 0 Å². The first-order valence-corrected chi connectivity index (χ1v) is 6.73. The highest BCUT2D eigenvalue weighted by atomic mass is 16.2. The topological polar surface area (TPSA) is 62.0 Å². The molecule has 20 heavy (non-hydrogen) atoms. The fourth-order valence-corrected chi connectivity index (χ4v) is 2.13. The predicted octanol–water partition coefficient (Wildman–Crippen LogP) is 2.30. The molecule has 2 N–H and O–H groups in total. The number of rotatable bonds is 5. The van der Waals surface area contributed by atoms with Crippen LogP contribution in [0.15, 0.2) is 53.5 Å². The van der Waals surface area contributed by atoms with Crippen molar-refractivity contribution in [3.63, 3.8) is 0 Å². The number of hydrogen-bond acceptors (Lipinski definition) is 2. The van der Waals surface area contributed by atoms with Gasteiger partial charge in [0.05, 0.1) is 0 Å². The molecule has 0 fully saturated rings. The normalized spacial score (nSPS) is 11.8. The molecule has 1 amide bonds. The molecule has 0 aliphatic rings. The Bertz CT molecular complexity index is 620. The van der Waals surface area contributed by atoms with E-state index < -0.39 is 0 Å². The van der Waals surface area contributed by atoms with Crippen molar-refractivity contribution in [2.75, 3.05) is 6.54 Å². The first-order valence-electron chi connectivity index (χ1n) is 6.73. The van der Waals surface area contributed by atoms with Crippen molar-refractivity contribution in [2.45, 2.75) is 19.3 Å². The Morgan fingerprint density at radius 2 is 1.95 bits per heavy atom. The van der Waals surface area contributed by atoms with Gasteiger partial charge in [0.2, 0.25) is 0 Å². The summed E-state index contributed by atoms with van der Waals surface area (Å²) in [7, 11) is 0. The molecule has 0 saturated heterocycles. The van der Waals surface area contributed by atoms with E-state index in [1.54, 1.807) is 6.07 Å². The van der Waals surface area contributed by atoms with Crippen LogP contribution in [0, 0.1) is 0 Å². The van der Waals surface area contributed by atoms with Crippen LogP contribution in [-0.2, 0) is 0 Å². The molecule has 4 heteroatoms. The number of H-pyrrole nitrogens is 1. The summed E-state index contributed by atoms with van der Waals surface area (Å²) < 4.78 is 0. The minimum absolute atomic E-state index is 0.149. The van der Waals surface area contributed by atoms with E-state index in [9.17, 15) is 9.59 Å². The Balaban J connectivity index is 2.03. The third-order valence-corrected chi connectivity index (χ3v) is 3.34. The second-order valence-electron chi connectivity index (χ2n) is 4.64. The predicted molar refractivity (Wildman–Crippen MR) is 78.9 cm³/mol. The van der Waals surface area contributed by atoms with Gasteiger partial charge in [-0.2, -0.15) is 0 Å². The molecular weight excluding hydrogens is 252 g/mol. The van der Waals surface area contributed by atoms with Crippen molar-refractivity contribution < 1.29 is 4.79 Å². The first-order chi connectivity index (χ1) is 9.72. The highest BCUT2D eigenvalue weighted by Crippen LogP contribution is 2.17. The van der Waals surface area contributed by atoms with Gasteiger partial charge in [0.25, 0.3) is 11.5 Å². The third-order valence-electron chi connectivity index (χ3n) is 3.34. The van der Waals surface area contributed by atoms with Gasteiger partial charge in [-0.05, 0) is 24.1 Å². The van der Waals surface area contributed by atoms with Crippen molar-refractivity contribution in [2.24, 2.45) is 0 Å². The van der Waals surface area contributed by atoms with Gasteiger partial charge >= 0.3 is 0 Å². The van der Waals surface area contributed by atoms with Crippen molar-refractivity contribution in [3.8, 4) is 0 Å². The number of carbonyl (C=O) groups is 1. The summed E-state index contributed by atoms with van der Waals surface area (Å²) in [5, 5.41) is 2.83.